The van der Waals surface area contributed by atoms with Crippen LogP contribution in [0.25, 0.3) is 10.8 Å². The van der Waals surface area contributed by atoms with Gasteiger partial charge in [-0.1, -0.05) is 11.6 Å². The molecule has 0 saturated carbocycles. The third-order valence-electron chi connectivity index (χ3n) is 7.11. The quantitative estimate of drug-likeness (QED) is 0.609. The third kappa shape index (κ3) is 3.10. The molecule has 0 spiro atoms. The summed E-state index contributed by atoms with van der Waals surface area (Å²) >= 11 is 6.10. The number of hydrogen-bond acceptors (Lipinski definition) is 7. The fraction of sp³-hybridized carbons (Fsp3) is 0.565. The van der Waals surface area contributed by atoms with Crippen LogP contribution >= 0.6 is 11.6 Å². The molecule has 2 saturated heterocycles. The van der Waals surface area contributed by atoms with E-state index in [1.165, 1.54) is 4.90 Å². The molecule has 2 fully saturated rings. The molecule has 2 amide bonds. The van der Waals surface area contributed by atoms with Crippen molar-refractivity contribution in [2.45, 2.75) is 70.7 Å². The number of aromatic nitrogens is 2. The van der Waals surface area contributed by atoms with Crippen LogP contribution in [0.2, 0.25) is 5.15 Å². The molecule has 2 bridgehead atoms. The average molecular weight is 492 g/mol. The molecule has 5 heterocycles. The first-order valence-corrected chi connectivity index (χ1v) is 11.6. The molecule has 34 heavy (non-hydrogen) atoms. The Balaban J connectivity index is 1.70. The number of nitrogens with zero attached hydrogens (tertiary/aromatic N) is 4. The third-order valence-corrected chi connectivity index (χ3v) is 7.36. The number of amides is 2. The minimum absolute atomic E-state index is 0.0837. The fourth-order valence-corrected chi connectivity index (χ4v) is 5.66. The van der Waals surface area contributed by atoms with Crippen molar-refractivity contribution in [2.24, 2.45) is 5.73 Å². The second-order valence-electron chi connectivity index (χ2n) is 10.3. The summed E-state index contributed by atoms with van der Waals surface area (Å²) in [5.74, 6) is -0.647. The second kappa shape index (κ2) is 7.31. The molecule has 3 aliphatic rings. The average Bonchev–Trinajstić information content (AvgIpc) is 2.95. The Bertz CT molecular complexity index is 1240. The van der Waals surface area contributed by atoms with Crippen molar-refractivity contribution >= 4 is 40.2 Å². The van der Waals surface area contributed by atoms with E-state index in [9.17, 15) is 9.59 Å². The van der Waals surface area contributed by atoms with Gasteiger partial charge in [0.2, 0.25) is 11.8 Å². The summed E-state index contributed by atoms with van der Waals surface area (Å²) in [7, 11) is 0. The summed E-state index contributed by atoms with van der Waals surface area (Å²) in [6.07, 6.45) is 0.313. The van der Waals surface area contributed by atoms with Gasteiger partial charge in [0, 0.05) is 11.1 Å². The van der Waals surface area contributed by atoms with Crippen LogP contribution in [-0.4, -0.2) is 63.2 Å². The van der Waals surface area contributed by atoms with Crippen molar-refractivity contribution in [3.8, 4) is 5.88 Å². The number of primary amides is 1. The minimum atomic E-state index is -1.29. The first-order chi connectivity index (χ1) is 15.9. The van der Waals surface area contributed by atoms with E-state index < -0.39 is 35.0 Å². The van der Waals surface area contributed by atoms with Gasteiger partial charge in [-0.25, -0.2) is 14.2 Å². The summed E-state index contributed by atoms with van der Waals surface area (Å²) in [6, 6.07) is -0.805. The highest BCUT2D eigenvalue weighted by Gasteiger charge is 2.62. The van der Waals surface area contributed by atoms with Gasteiger partial charge >= 0.3 is 6.09 Å². The number of carbonyl (C=O) groups is 2. The van der Waals surface area contributed by atoms with E-state index in [4.69, 9.17) is 31.8 Å². The molecular formula is C23H27ClFN5O4. The maximum Gasteiger partial charge on any atom is 0.411 e. The first kappa shape index (κ1) is 22.9. The highest BCUT2D eigenvalue weighted by molar-refractivity contribution is 6.30. The topological polar surface area (TPSA) is 111 Å². The van der Waals surface area contributed by atoms with Gasteiger partial charge in [-0.3, -0.25) is 9.69 Å². The van der Waals surface area contributed by atoms with E-state index in [0.29, 0.717) is 35.3 Å². The lowest BCUT2D eigenvalue weighted by atomic mass is 9.92. The second-order valence-corrected chi connectivity index (χ2v) is 10.6. The van der Waals surface area contributed by atoms with Gasteiger partial charge in [0.1, 0.15) is 23.6 Å². The number of ether oxygens (including phenoxy) is 2. The van der Waals surface area contributed by atoms with Gasteiger partial charge in [-0.2, -0.15) is 4.98 Å². The fourth-order valence-electron chi connectivity index (χ4n) is 5.48. The highest BCUT2D eigenvalue weighted by atomic mass is 35.5. The monoisotopic (exact) mass is 491 g/mol. The number of rotatable bonds is 1. The first-order valence-electron chi connectivity index (χ1n) is 11.2. The number of nitrogens with two attached hydrogens (primary N) is 1. The van der Waals surface area contributed by atoms with Gasteiger partial charge in [-0.15, -0.1) is 0 Å². The zero-order valence-electron chi connectivity index (χ0n) is 19.7. The predicted molar refractivity (Wildman–Crippen MR) is 124 cm³/mol. The molecule has 0 radical (unpaired) electrons. The van der Waals surface area contributed by atoms with Gasteiger partial charge in [0.05, 0.1) is 24.0 Å². The Hall–Kier alpha value is -2.88. The lowest BCUT2D eigenvalue weighted by molar-refractivity contribution is -0.130. The van der Waals surface area contributed by atoms with Crippen LogP contribution in [0.5, 0.6) is 5.88 Å². The normalized spacial score (nSPS) is 25.6. The highest BCUT2D eigenvalue weighted by Crippen LogP contribution is 2.48. The number of fused-ring (bicyclic) bond motifs is 5. The smallest absolute Gasteiger partial charge is 0.411 e. The Morgan fingerprint density at radius 2 is 1.94 bits per heavy atom. The van der Waals surface area contributed by atoms with Crippen molar-refractivity contribution < 1.29 is 23.5 Å². The van der Waals surface area contributed by atoms with Crippen LogP contribution in [-0.2, 0) is 9.53 Å². The van der Waals surface area contributed by atoms with Crippen molar-refractivity contribution in [1.82, 2.24) is 14.9 Å². The molecule has 3 atom stereocenters. The number of piperazine rings is 1. The lowest BCUT2D eigenvalue weighted by Gasteiger charge is -2.51. The van der Waals surface area contributed by atoms with Gasteiger partial charge in [0.15, 0.2) is 11.0 Å². The predicted octanol–water partition coefficient (Wildman–Crippen LogP) is 3.24. The minimum Gasteiger partial charge on any atom is -0.475 e. The molecule has 2 aromatic rings. The molecule has 182 valence electrons. The number of aryl methyl sites for hydroxylation is 2. The van der Waals surface area contributed by atoms with Crippen LogP contribution in [0.1, 0.15) is 44.9 Å². The number of halogens is 2. The molecule has 2 N–H and O–H groups in total. The molecule has 11 heteroatoms. The summed E-state index contributed by atoms with van der Waals surface area (Å²) in [5.41, 5.74) is 5.13. The molecule has 0 unspecified atom stereocenters. The summed E-state index contributed by atoms with van der Waals surface area (Å²) in [4.78, 5) is 38.5. The standard InChI is InChI=1S/C23H27ClFN5O4/c1-10-11(2)27-18-15-14(10)16(25)17(24)28-19(15)33-8-13-12-6-7-23(20(26)31,9-29(13)18)30(12)21(32)34-22(3,4)5/h12-13H,6-9H2,1-5H3,(H2,26,31)/t12-,13+,23+/m0/s1. The van der Waals surface area contributed by atoms with E-state index >= 15 is 4.39 Å². The zero-order chi connectivity index (χ0) is 24.7. The van der Waals surface area contributed by atoms with Crippen LogP contribution in [0.3, 0.4) is 0 Å². The van der Waals surface area contributed by atoms with E-state index in [1.54, 1.807) is 34.6 Å². The van der Waals surface area contributed by atoms with E-state index in [-0.39, 0.29) is 35.6 Å². The summed E-state index contributed by atoms with van der Waals surface area (Å²) < 4.78 is 26.9. The van der Waals surface area contributed by atoms with Gasteiger partial charge < -0.3 is 20.1 Å². The molecule has 2 aromatic heterocycles. The molecule has 0 aromatic carbocycles. The van der Waals surface area contributed by atoms with Crippen molar-refractivity contribution in [3.05, 3.63) is 22.2 Å². The van der Waals surface area contributed by atoms with Crippen LogP contribution in [0.4, 0.5) is 15.0 Å². The van der Waals surface area contributed by atoms with E-state index in [2.05, 4.69) is 4.98 Å². The molecule has 0 aliphatic carbocycles. The zero-order valence-corrected chi connectivity index (χ0v) is 20.5. The Morgan fingerprint density at radius 3 is 2.59 bits per heavy atom. The molecule has 9 nitrogen and oxygen atoms in total. The van der Waals surface area contributed by atoms with Crippen LogP contribution in [0.15, 0.2) is 0 Å². The largest absolute Gasteiger partial charge is 0.475 e. The molecule has 3 aliphatic heterocycles. The van der Waals surface area contributed by atoms with Crippen LogP contribution < -0.4 is 15.4 Å². The number of hydrogen-bond donors (Lipinski definition) is 1. The molecule has 5 rings (SSSR count). The van der Waals surface area contributed by atoms with E-state index in [0.717, 1.165) is 0 Å². The Labute approximate surface area is 201 Å². The van der Waals surface area contributed by atoms with Crippen LogP contribution in [0, 0.1) is 19.7 Å². The van der Waals surface area contributed by atoms with Gasteiger partial charge in [-0.05, 0) is 53.0 Å². The molecular weight excluding hydrogens is 465 g/mol. The summed E-state index contributed by atoms with van der Waals surface area (Å²) in [6.45, 7) is 9.08. The van der Waals surface area contributed by atoms with E-state index in [1.807, 2.05) is 4.90 Å². The summed E-state index contributed by atoms with van der Waals surface area (Å²) in [5, 5.41) is 0.401. The van der Waals surface area contributed by atoms with Crippen molar-refractivity contribution in [3.63, 3.8) is 0 Å². The van der Waals surface area contributed by atoms with Crippen molar-refractivity contribution in [1.29, 1.82) is 0 Å². The lowest BCUT2D eigenvalue weighted by Crippen LogP contribution is -2.72. The Morgan fingerprint density at radius 1 is 1.24 bits per heavy atom. The maximum atomic E-state index is 15.2. The van der Waals surface area contributed by atoms with Gasteiger partial charge in [0.25, 0.3) is 0 Å². The number of pyridine rings is 2. The number of carbonyl (C=O) groups excluding carboxylic acids is 2. The number of anilines is 1. The maximum absolute atomic E-state index is 15.2. The Kier molecular flexibility index (Phi) is 4.92. The SMILES string of the molecule is Cc1nc2c3c(nc(Cl)c(F)c3c1C)OC[C@@H]1[C@@H]3CC[C@](C(N)=O)(CN21)N3C(=O)OC(C)(C)C. The van der Waals surface area contributed by atoms with Crippen molar-refractivity contribution in [2.75, 3.05) is 18.1 Å².